The monoisotopic (exact) mass is 299 g/mol. The Bertz CT molecular complexity index is 39.9. The third-order valence-corrected chi connectivity index (χ3v) is 0.211. The van der Waals surface area contributed by atoms with Crippen LogP contribution in [0.1, 0.15) is 0 Å². The van der Waals surface area contributed by atoms with Gasteiger partial charge in [0.1, 0.15) is 0 Å². The Morgan fingerprint density at radius 3 is 1.57 bits per heavy atom. The van der Waals surface area contributed by atoms with E-state index in [1.807, 2.05) is 0 Å². The minimum atomic E-state index is 0. The smallest absolute Gasteiger partial charge is 0.209 e. The zero-order valence-corrected chi connectivity index (χ0v) is 8.32. The maximum absolute atomic E-state index is 9.43. The van der Waals surface area contributed by atoms with E-state index in [9.17, 15) is 4.79 Å². The Labute approximate surface area is 63.2 Å². The summed E-state index contributed by atoms with van der Waals surface area (Å²) in [7, 11) is 3.38. The molecular weight excluding hydrogens is 289 g/mol. The first-order chi connectivity index (χ1) is 2.27. The number of nitrogens with zero attached hydrogens (tertiary/aromatic N) is 1. The number of rotatable bonds is 1. The summed E-state index contributed by atoms with van der Waals surface area (Å²) >= 11 is 0. The van der Waals surface area contributed by atoms with Gasteiger partial charge in [-0.3, -0.25) is 4.79 Å². The molecule has 0 unspecified atom stereocenters. The van der Waals surface area contributed by atoms with Gasteiger partial charge in [-0.2, -0.15) is 0 Å². The Morgan fingerprint density at radius 1 is 1.43 bits per heavy atom. The molecule has 4 radical (unpaired) electrons. The van der Waals surface area contributed by atoms with Crippen LogP contribution in [0.5, 0.6) is 0 Å². The summed E-state index contributed by atoms with van der Waals surface area (Å²) in [6.07, 6.45) is 0.750. The van der Waals surface area contributed by atoms with E-state index in [0.717, 1.165) is 6.41 Å². The molecule has 0 saturated heterocycles. The van der Waals surface area contributed by atoms with Gasteiger partial charge < -0.3 is 10.4 Å². The molecule has 0 aliphatic carbocycles. The van der Waals surface area contributed by atoms with Gasteiger partial charge in [-0.1, -0.05) is 0 Å². The Balaban J connectivity index is -0.0000000800. The van der Waals surface area contributed by atoms with Crippen molar-refractivity contribution in [3.05, 3.63) is 0 Å². The normalized spacial score (nSPS) is 4.86. The average molecular weight is 298 g/mol. The van der Waals surface area contributed by atoms with Crippen LogP contribution in [-0.2, 0) is 4.79 Å². The van der Waals surface area contributed by atoms with E-state index in [1.165, 1.54) is 4.90 Å². The predicted octanol–water partition coefficient (Wildman–Crippen LogP) is -1.50. The van der Waals surface area contributed by atoms with Crippen molar-refractivity contribution >= 4 is 33.7 Å². The van der Waals surface area contributed by atoms with E-state index in [0.29, 0.717) is 0 Å². The van der Waals surface area contributed by atoms with E-state index < -0.39 is 0 Å². The molecule has 3 nitrogen and oxygen atoms in total. The first-order valence-corrected chi connectivity index (χ1v) is 1.39. The number of hydrogen-bond donors (Lipinski definition) is 0. The molecular formula is C3H9NO2Pb. The number of carbonyl (C=O) groups is 1. The van der Waals surface area contributed by atoms with Gasteiger partial charge in [0, 0.05) is 41.4 Å². The zero-order valence-electron chi connectivity index (χ0n) is 4.43. The molecule has 2 N–H and O–H groups in total. The molecule has 0 aromatic carbocycles. The second-order valence-electron chi connectivity index (χ2n) is 1.07. The summed E-state index contributed by atoms with van der Waals surface area (Å²) in [6.45, 7) is 0. The van der Waals surface area contributed by atoms with Crippen LogP contribution in [0.25, 0.3) is 0 Å². The summed E-state index contributed by atoms with van der Waals surface area (Å²) in [6, 6.07) is 0. The molecule has 0 spiro atoms. The van der Waals surface area contributed by atoms with Crippen LogP contribution < -0.4 is 0 Å². The van der Waals surface area contributed by atoms with Gasteiger partial charge in [-0.05, 0) is 0 Å². The standard InChI is InChI=1S/C3H7NO.H2O.Pb/c1-4(2)3-5;;/h3H,1-2H3;1H2;. The average Bonchev–Trinajstić information content (AvgIpc) is 1.38. The van der Waals surface area contributed by atoms with E-state index in [2.05, 4.69) is 0 Å². The quantitative estimate of drug-likeness (QED) is 0.429. The van der Waals surface area contributed by atoms with Gasteiger partial charge in [0.05, 0.1) is 0 Å². The molecule has 0 bridgehead atoms. The third-order valence-electron chi connectivity index (χ3n) is 0.211. The minimum Gasteiger partial charge on any atom is -0.412 e. The van der Waals surface area contributed by atoms with Gasteiger partial charge in [-0.15, -0.1) is 0 Å². The van der Waals surface area contributed by atoms with Crippen molar-refractivity contribution in [2.75, 3.05) is 14.1 Å². The van der Waals surface area contributed by atoms with Crippen LogP contribution in [0.2, 0.25) is 0 Å². The summed E-state index contributed by atoms with van der Waals surface area (Å²) in [5.41, 5.74) is 0. The molecule has 0 aromatic rings. The Hall–Kier alpha value is 0.352. The van der Waals surface area contributed by atoms with Gasteiger partial charge in [-0.25, -0.2) is 0 Å². The van der Waals surface area contributed by atoms with E-state index in [-0.39, 0.29) is 32.8 Å². The second kappa shape index (κ2) is 9.61. The Kier molecular flexibility index (Phi) is 21.5. The van der Waals surface area contributed by atoms with Crippen molar-refractivity contribution in [2.24, 2.45) is 0 Å². The van der Waals surface area contributed by atoms with Gasteiger partial charge >= 0.3 is 0 Å². The minimum absolute atomic E-state index is 0. The molecule has 0 atom stereocenters. The fraction of sp³-hybridized carbons (Fsp3) is 0.667. The van der Waals surface area contributed by atoms with E-state index in [4.69, 9.17) is 0 Å². The van der Waals surface area contributed by atoms with Crippen molar-refractivity contribution in [3.63, 3.8) is 0 Å². The van der Waals surface area contributed by atoms with Crippen LogP contribution in [0.4, 0.5) is 0 Å². The van der Waals surface area contributed by atoms with Crippen LogP contribution in [0.15, 0.2) is 0 Å². The zero-order chi connectivity index (χ0) is 4.28. The number of amides is 1. The second-order valence-corrected chi connectivity index (χ2v) is 1.07. The van der Waals surface area contributed by atoms with Crippen LogP contribution in [-0.4, -0.2) is 58.2 Å². The van der Waals surface area contributed by atoms with Crippen LogP contribution >= 0.6 is 0 Å². The van der Waals surface area contributed by atoms with Crippen LogP contribution in [0, 0.1) is 0 Å². The molecule has 4 heteroatoms. The van der Waals surface area contributed by atoms with Crippen LogP contribution in [0.3, 0.4) is 0 Å². The molecule has 0 aliphatic heterocycles. The number of hydrogen-bond acceptors (Lipinski definition) is 1. The van der Waals surface area contributed by atoms with Gasteiger partial charge in [0.2, 0.25) is 6.41 Å². The van der Waals surface area contributed by atoms with E-state index in [1.54, 1.807) is 14.1 Å². The molecule has 0 aromatic heterocycles. The van der Waals surface area contributed by atoms with Gasteiger partial charge in [0.25, 0.3) is 0 Å². The first kappa shape index (κ1) is 15.7. The molecule has 0 fully saturated rings. The molecule has 7 heavy (non-hydrogen) atoms. The topological polar surface area (TPSA) is 51.8 Å². The fourth-order valence-corrected chi connectivity index (χ4v) is 0. The summed E-state index contributed by atoms with van der Waals surface area (Å²) in [4.78, 5) is 10.9. The molecule has 0 aliphatic rings. The number of carbonyl (C=O) groups excluding carboxylic acids is 1. The molecule has 1 amide bonds. The summed E-state index contributed by atoms with van der Waals surface area (Å²) in [5.74, 6) is 0. The molecule has 0 rings (SSSR count). The fourth-order valence-electron chi connectivity index (χ4n) is 0. The van der Waals surface area contributed by atoms with Crippen molar-refractivity contribution in [1.29, 1.82) is 0 Å². The van der Waals surface area contributed by atoms with Crippen molar-refractivity contribution in [3.8, 4) is 0 Å². The molecule has 0 saturated carbocycles. The van der Waals surface area contributed by atoms with Crippen molar-refractivity contribution in [2.45, 2.75) is 0 Å². The maximum Gasteiger partial charge on any atom is 0.209 e. The summed E-state index contributed by atoms with van der Waals surface area (Å²) in [5, 5.41) is 0. The Morgan fingerprint density at radius 2 is 1.57 bits per heavy atom. The third kappa shape index (κ3) is 21.7. The van der Waals surface area contributed by atoms with Crippen molar-refractivity contribution in [1.82, 2.24) is 4.90 Å². The first-order valence-electron chi connectivity index (χ1n) is 1.39. The SMILES string of the molecule is CN(C)C=O.O.[Pb]. The molecule has 42 valence electrons. The van der Waals surface area contributed by atoms with Crippen molar-refractivity contribution < 1.29 is 10.3 Å². The largest absolute Gasteiger partial charge is 0.412 e. The molecule has 0 heterocycles. The van der Waals surface area contributed by atoms with Gasteiger partial charge in [0.15, 0.2) is 0 Å². The summed E-state index contributed by atoms with van der Waals surface area (Å²) < 4.78 is 0. The maximum atomic E-state index is 9.43. The van der Waals surface area contributed by atoms with E-state index >= 15 is 0 Å². The predicted molar refractivity (Wildman–Crippen MR) is 29.1 cm³/mol.